The SMILES string of the molecule is COCC1CC(Nc2ncc3c(-c4cnc5ncc(Cl)n5c4)ccn3n2)C1. The highest BCUT2D eigenvalue weighted by molar-refractivity contribution is 6.29. The summed E-state index contributed by atoms with van der Waals surface area (Å²) in [7, 11) is 1.75. The normalized spacial score (nSPS) is 19.5. The lowest BCUT2D eigenvalue weighted by molar-refractivity contribution is 0.104. The van der Waals surface area contributed by atoms with Crippen LogP contribution in [0.4, 0.5) is 5.95 Å². The van der Waals surface area contributed by atoms with Gasteiger partial charge in [0.05, 0.1) is 17.9 Å². The molecule has 8 nitrogen and oxygen atoms in total. The minimum Gasteiger partial charge on any atom is -0.384 e. The molecule has 0 aliphatic heterocycles. The van der Waals surface area contributed by atoms with Crippen LogP contribution in [0.5, 0.6) is 0 Å². The van der Waals surface area contributed by atoms with Gasteiger partial charge in [-0.2, -0.15) is 0 Å². The van der Waals surface area contributed by atoms with E-state index in [9.17, 15) is 0 Å². The van der Waals surface area contributed by atoms with Gasteiger partial charge in [-0.3, -0.25) is 4.40 Å². The summed E-state index contributed by atoms with van der Waals surface area (Å²) in [5, 5.41) is 8.50. The van der Waals surface area contributed by atoms with Crippen LogP contribution >= 0.6 is 11.6 Å². The van der Waals surface area contributed by atoms with Gasteiger partial charge in [0.2, 0.25) is 11.7 Å². The maximum Gasteiger partial charge on any atom is 0.241 e. The van der Waals surface area contributed by atoms with Crippen LogP contribution in [0.3, 0.4) is 0 Å². The molecule has 4 aromatic heterocycles. The van der Waals surface area contributed by atoms with Crippen LogP contribution < -0.4 is 5.32 Å². The Hall–Kier alpha value is -2.71. The summed E-state index contributed by atoms with van der Waals surface area (Å²) in [4.78, 5) is 13.0. The number of aromatic nitrogens is 6. The molecule has 27 heavy (non-hydrogen) atoms. The first kappa shape index (κ1) is 16.5. The average Bonchev–Trinajstić information content (AvgIpc) is 3.23. The number of halogens is 1. The van der Waals surface area contributed by atoms with Gasteiger partial charge in [-0.25, -0.2) is 19.5 Å². The van der Waals surface area contributed by atoms with Crippen molar-refractivity contribution in [3.05, 3.63) is 42.2 Å². The Morgan fingerprint density at radius 2 is 2.07 bits per heavy atom. The molecule has 1 N–H and O–H groups in total. The molecule has 0 aromatic carbocycles. The third-order valence-electron chi connectivity index (χ3n) is 5.02. The zero-order chi connectivity index (χ0) is 18.4. The predicted molar refractivity (Wildman–Crippen MR) is 102 cm³/mol. The molecule has 0 atom stereocenters. The van der Waals surface area contributed by atoms with E-state index in [0.29, 0.717) is 28.8 Å². The first-order valence-electron chi connectivity index (χ1n) is 8.80. The molecule has 0 radical (unpaired) electrons. The van der Waals surface area contributed by atoms with Crippen molar-refractivity contribution >= 4 is 28.8 Å². The van der Waals surface area contributed by atoms with E-state index in [1.165, 1.54) is 0 Å². The Morgan fingerprint density at radius 3 is 2.93 bits per heavy atom. The number of imidazole rings is 1. The van der Waals surface area contributed by atoms with Gasteiger partial charge < -0.3 is 10.1 Å². The van der Waals surface area contributed by atoms with Gasteiger partial charge in [-0.15, -0.1) is 5.10 Å². The molecule has 1 fully saturated rings. The van der Waals surface area contributed by atoms with Gasteiger partial charge in [0.25, 0.3) is 0 Å². The van der Waals surface area contributed by atoms with E-state index in [-0.39, 0.29) is 0 Å². The Labute approximate surface area is 160 Å². The van der Waals surface area contributed by atoms with Crippen LogP contribution in [0.1, 0.15) is 12.8 Å². The highest BCUT2D eigenvalue weighted by Crippen LogP contribution is 2.30. The summed E-state index contributed by atoms with van der Waals surface area (Å²) < 4.78 is 8.78. The van der Waals surface area contributed by atoms with E-state index >= 15 is 0 Å². The molecule has 0 saturated heterocycles. The van der Waals surface area contributed by atoms with Crippen molar-refractivity contribution in [3.63, 3.8) is 0 Å². The fraction of sp³-hybridized carbons (Fsp3) is 0.333. The molecular formula is C18H18ClN7O. The lowest BCUT2D eigenvalue weighted by Gasteiger charge is -2.35. The fourth-order valence-electron chi connectivity index (χ4n) is 3.60. The summed E-state index contributed by atoms with van der Waals surface area (Å²) in [5.74, 6) is 1.84. The van der Waals surface area contributed by atoms with Crippen molar-refractivity contribution in [2.45, 2.75) is 18.9 Å². The van der Waals surface area contributed by atoms with E-state index in [1.54, 1.807) is 23.9 Å². The van der Waals surface area contributed by atoms with Crippen molar-refractivity contribution in [1.82, 2.24) is 29.0 Å². The zero-order valence-corrected chi connectivity index (χ0v) is 15.5. The first-order chi connectivity index (χ1) is 13.2. The minimum atomic E-state index is 0.410. The van der Waals surface area contributed by atoms with Crippen molar-refractivity contribution in [3.8, 4) is 11.1 Å². The minimum absolute atomic E-state index is 0.410. The monoisotopic (exact) mass is 383 g/mol. The third kappa shape index (κ3) is 2.90. The molecule has 138 valence electrons. The third-order valence-corrected chi connectivity index (χ3v) is 5.30. The summed E-state index contributed by atoms with van der Waals surface area (Å²) in [6.45, 7) is 0.818. The smallest absolute Gasteiger partial charge is 0.241 e. The molecule has 0 unspecified atom stereocenters. The molecule has 9 heteroatoms. The van der Waals surface area contributed by atoms with Crippen molar-refractivity contribution in [2.24, 2.45) is 5.92 Å². The number of fused-ring (bicyclic) bond motifs is 2. The van der Waals surface area contributed by atoms with Gasteiger partial charge in [0, 0.05) is 49.5 Å². The highest BCUT2D eigenvalue weighted by Gasteiger charge is 2.29. The van der Waals surface area contributed by atoms with Gasteiger partial charge in [-0.1, -0.05) is 11.6 Å². The number of rotatable bonds is 5. The number of nitrogens with zero attached hydrogens (tertiary/aromatic N) is 6. The summed E-state index contributed by atoms with van der Waals surface area (Å²) in [6.07, 6.45) is 11.2. The standard InChI is InChI=1S/C18H18ClN7O/c1-27-10-11-4-13(5-11)23-17-20-7-15-14(2-3-26(15)24-17)12-6-21-18-22-8-16(19)25(18)9-12/h2-3,6-9,11,13H,4-5,10H2,1H3,(H,23,24). The van der Waals surface area contributed by atoms with Crippen LogP contribution in [-0.2, 0) is 4.74 Å². The Bertz CT molecular complexity index is 1120. The molecular weight excluding hydrogens is 366 g/mol. The second kappa shape index (κ2) is 6.47. The first-order valence-corrected chi connectivity index (χ1v) is 9.18. The summed E-state index contributed by atoms with van der Waals surface area (Å²) in [5.41, 5.74) is 2.82. The Balaban J connectivity index is 1.41. The maximum atomic E-state index is 6.16. The fourth-order valence-corrected chi connectivity index (χ4v) is 3.78. The second-order valence-corrected chi connectivity index (χ2v) is 7.26. The second-order valence-electron chi connectivity index (χ2n) is 6.87. The number of hydrogen-bond acceptors (Lipinski definition) is 6. The lowest BCUT2D eigenvalue weighted by atomic mass is 9.81. The number of ether oxygens (including phenoxy) is 1. The molecule has 4 heterocycles. The van der Waals surface area contributed by atoms with E-state index in [0.717, 1.165) is 36.1 Å². The molecule has 0 spiro atoms. The zero-order valence-electron chi connectivity index (χ0n) is 14.7. The molecule has 1 aliphatic carbocycles. The molecule has 0 amide bonds. The van der Waals surface area contributed by atoms with Crippen LogP contribution in [-0.4, -0.2) is 48.7 Å². The van der Waals surface area contributed by atoms with Crippen molar-refractivity contribution < 1.29 is 4.74 Å². The Morgan fingerprint density at radius 1 is 1.22 bits per heavy atom. The number of anilines is 1. The Kier molecular flexibility index (Phi) is 3.95. The predicted octanol–water partition coefficient (Wildman–Crippen LogP) is 2.93. The number of hydrogen-bond donors (Lipinski definition) is 1. The van der Waals surface area contributed by atoms with Crippen LogP contribution in [0.25, 0.3) is 22.4 Å². The summed E-state index contributed by atoms with van der Waals surface area (Å²) >= 11 is 6.16. The maximum absolute atomic E-state index is 6.16. The van der Waals surface area contributed by atoms with Gasteiger partial charge >= 0.3 is 0 Å². The molecule has 1 aliphatic rings. The van der Waals surface area contributed by atoms with Crippen LogP contribution in [0.15, 0.2) is 37.1 Å². The number of nitrogens with one attached hydrogen (secondary N) is 1. The van der Waals surface area contributed by atoms with E-state index in [2.05, 4.69) is 25.4 Å². The van der Waals surface area contributed by atoms with Crippen LogP contribution in [0, 0.1) is 5.92 Å². The quantitative estimate of drug-likeness (QED) is 0.570. The molecule has 5 rings (SSSR count). The van der Waals surface area contributed by atoms with Gasteiger partial charge in [-0.05, 0) is 24.8 Å². The van der Waals surface area contributed by atoms with Crippen LogP contribution in [0.2, 0.25) is 5.15 Å². The van der Waals surface area contributed by atoms with Gasteiger partial charge in [0.15, 0.2) is 0 Å². The number of methoxy groups -OCH3 is 1. The largest absolute Gasteiger partial charge is 0.384 e. The lowest BCUT2D eigenvalue weighted by Crippen LogP contribution is -2.38. The molecule has 1 saturated carbocycles. The molecule has 4 aromatic rings. The van der Waals surface area contributed by atoms with Gasteiger partial charge in [0.1, 0.15) is 5.15 Å². The van der Waals surface area contributed by atoms with Crippen molar-refractivity contribution in [1.29, 1.82) is 0 Å². The molecule has 0 bridgehead atoms. The van der Waals surface area contributed by atoms with Crippen molar-refractivity contribution in [2.75, 3.05) is 19.0 Å². The summed E-state index contributed by atoms with van der Waals surface area (Å²) in [6, 6.07) is 2.41. The topological polar surface area (TPSA) is 81.6 Å². The van der Waals surface area contributed by atoms with E-state index in [4.69, 9.17) is 16.3 Å². The average molecular weight is 384 g/mol. The highest BCUT2D eigenvalue weighted by atomic mass is 35.5. The van der Waals surface area contributed by atoms with E-state index in [1.807, 2.05) is 29.2 Å². The van der Waals surface area contributed by atoms with E-state index < -0.39 is 0 Å².